The molecule has 0 saturated carbocycles. The van der Waals surface area contributed by atoms with Crippen LogP contribution in [0.4, 0.5) is 145 Å². The number of carbonyl (C=O) groups is 1. The second kappa shape index (κ2) is 16.1. The molecular formula is C28H13F33O3. The van der Waals surface area contributed by atoms with Gasteiger partial charge < -0.3 is 9.47 Å². The lowest BCUT2D eigenvalue weighted by Crippen LogP contribution is -2.79. The Hall–Kier alpha value is -4.08. The van der Waals surface area contributed by atoms with Crippen molar-refractivity contribution in [1.82, 2.24) is 0 Å². The SMILES string of the molecule is COc1ccc(C=CC(=O)OC(F)(F)C(F)(F)C(F)(F)C(F)(F)C(F)(F)C(F)(F)C(F)(F)C(F)(F)C(F)(F)C(F)(F)C(F)(F)C(F)(F)C(F)(F)C(F)(F)C(F)(F)CCC(F)(F)F)cc1. The highest BCUT2D eigenvalue weighted by molar-refractivity contribution is 5.87. The second-order valence-electron chi connectivity index (χ2n) is 12.3. The monoisotopic (exact) mass is 1020 g/mol. The minimum Gasteiger partial charge on any atom is -0.497 e. The first-order valence-electron chi connectivity index (χ1n) is 14.9. The van der Waals surface area contributed by atoms with Crippen LogP contribution in [0.2, 0.25) is 0 Å². The van der Waals surface area contributed by atoms with Gasteiger partial charge in [0.2, 0.25) is 0 Å². The van der Waals surface area contributed by atoms with Gasteiger partial charge in [-0.1, -0.05) is 12.1 Å². The predicted molar refractivity (Wildman–Crippen MR) is 138 cm³/mol. The summed E-state index contributed by atoms with van der Waals surface area (Å²) in [4.78, 5) is 11.5. The van der Waals surface area contributed by atoms with Gasteiger partial charge in [-0.2, -0.15) is 145 Å². The minimum absolute atomic E-state index is 0.0128. The van der Waals surface area contributed by atoms with Crippen molar-refractivity contribution in [3.63, 3.8) is 0 Å². The standard InChI is InChI=1S/C28H13F33O3/c1-63-11-5-2-10(3-6-11)4-7-12(62)64-28(60,61)27(58,59)26(56,57)25(54,55)24(52,53)23(50,51)22(48,49)21(46,47)20(44,45)19(42,43)18(40,41)17(38,39)16(36,37)15(34,35)13(29,30)8-9-14(31,32)33/h2-7H,8-9H2,1H3. The summed E-state index contributed by atoms with van der Waals surface area (Å²) in [6.07, 6.45) is -21.9. The lowest BCUT2D eigenvalue weighted by atomic mass is 9.83. The summed E-state index contributed by atoms with van der Waals surface area (Å²) in [6, 6.07) is 3.65. The molecule has 0 aliphatic rings. The van der Waals surface area contributed by atoms with Crippen LogP contribution in [0, 0.1) is 0 Å². The van der Waals surface area contributed by atoms with Crippen molar-refractivity contribution >= 4 is 12.0 Å². The molecule has 0 heterocycles. The molecule has 0 atom stereocenters. The van der Waals surface area contributed by atoms with Crippen molar-refractivity contribution in [2.24, 2.45) is 0 Å². The second-order valence-corrected chi connectivity index (χ2v) is 12.3. The van der Waals surface area contributed by atoms with Crippen molar-refractivity contribution in [3.8, 4) is 5.75 Å². The first kappa shape index (κ1) is 57.9. The number of hydrogen-bond donors (Lipinski definition) is 0. The maximum absolute atomic E-state index is 14.2. The van der Waals surface area contributed by atoms with E-state index in [4.69, 9.17) is 0 Å². The van der Waals surface area contributed by atoms with Gasteiger partial charge in [-0.25, -0.2) is 4.79 Å². The van der Waals surface area contributed by atoms with Crippen molar-refractivity contribution < 1.29 is 159 Å². The Balaban J connectivity index is 3.86. The van der Waals surface area contributed by atoms with Gasteiger partial charge in [0.15, 0.2) is 0 Å². The van der Waals surface area contributed by atoms with Gasteiger partial charge in [-0.3, -0.25) is 0 Å². The molecule has 1 aromatic rings. The van der Waals surface area contributed by atoms with Crippen LogP contribution in [0.15, 0.2) is 30.3 Å². The molecule has 0 amide bonds. The van der Waals surface area contributed by atoms with Gasteiger partial charge in [-0.15, -0.1) is 0 Å². The molecule has 3 nitrogen and oxygen atoms in total. The van der Waals surface area contributed by atoms with Gasteiger partial charge in [0.05, 0.1) is 7.11 Å². The third-order valence-corrected chi connectivity index (χ3v) is 8.04. The number of esters is 1. The topological polar surface area (TPSA) is 35.5 Å². The van der Waals surface area contributed by atoms with E-state index in [0.717, 1.165) is 31.4 Å². The summed E-state index contributed by atoms with van der Waals surface area (Å²) in [5.74, 6) is -137. The van der Waals surface area contributed by atoms with E-state index in [0.29, 0.717) is 0 Å². The molecule has 0 radical (unpaired) electrons. The number of halogens is 33. The van der Waals surface area contributed by atoms with Gasteiger partial charge in [-0.05, 0) is 23.8 Å². The smallest absolute Gasteiger partial charge is 0.473 e. The van der Waals surface area contributed by atoms with Gasteiger partial charge in [0, 0.05) is 18.9 Å². The molecule has 1 rings (SSSR count). The number of alkyl halides is 33. The largest absolute Gasteiger partial charge is 0.497 e. The van der Waals surface area contributed by atoms with Crippen molar-refractivity contribution in [1.29, 1.82) is 0 Å². The van der Waals surface area contributed by atoms with E-state index < -0.39 is 126 Å². The van der Waals surface area contributed by atoms with E-state index in [1.54, 1.807) is 0 Å². The summed E-state index contributed by atoms with van der Waals surface area (Å²) in [5, 5.41) is 0. The molecule has 0 saturated heterocycles. The minimum atomic E-state index is -10.2. The van der Waals surface area contributed by atoms with Crippen LogP contribution in [-0.2, 0) is 9.53 Å². The Labute approximate surface area is 329 Å². The third-order valence-electron chi connectivity index (χ3n) is 8.04. The van der Waals surface area contributed by atoms with Crippen LogP contribution in [0.25, 0.3) is 6.08 Å². The zero-order chi connectivity index (χ0) is 51.8. The van der Waals surface area contributed by atoms with Crippen LogP contribution in [0.5, 0.6) is 5.75 Å². The van der Waals surface area contributed by atoms with E-state index >= 15 is 0 Å². The number of benzene rings is 1. The summed E-state index contributed by atoms with van der Waals surface area (Å²) in [5.41, 5.74) is -0.396. The van der Waals surface area contributed by atoms with E-state index in [9.17, 15) is 150 Å². The van der Waals surface area contributed by atoms with Crippen LogP contribution in [0.1, 0.15) is 18.4 Å². The van der Waals surface area contributed by atoms with Gasteiger partial charge in [0.25, 0.3) is 0 Å². The average molecular weight is 1020 g/mol. The fourth-order valence-electron chi connectivity index (χ4n) is 4.14. The number of ether oxygens (including phenoxy) is 2. The van der Waals surface area contributed by atoms with Crippen LogP contribution in [-0.4, -0.2) is 108 Å². The fourth-order valence-corrected chi connectivity index (χ4v) is 4.14. The molecule has 64 heavy (non-hydrogen) atoms. The van der Waals surface area contributed by atoms with Gasteiger partial charge in [0.1, 0.15) is 5.75 Å². The first-order chi connectivity index (χ1) is 27.6. The third kappa shape index (κ3) is 8.24. The molecule has 1 aromatic carbocycles. The summed E-state index contributed by atoms with van der Waals surface area (Å²) >= 11 is 0. The Morgan fingerprint density at radius 3 is 0.938 bits per heavy atom. The number of hydrogen-bond acceptors (Lipinski definition) is 3. The van der Waals surface area contributed by atoms with Crippen LogP contribution >= 0.6 is 0 Å². The summed E-state index contributed by atoms with van der Waals surface area (Å²) < 4.78 is 463. The Bertz CT molecular complexity index is 1840. The Kier molecular flexibility index (Phi) is 14.5. The lowest BCUT2D eigenvalue weighted by molar-refractivity contribution is -0.491. The molecule has 0 unspecified atom stereocenters. The molecule has 0 aromatic heterocycles. The van der Waals surface area contributed by atoms with Crippen molar-refractivity contribution in [2.75, 3.05) is 7.11 Å². The quantitative estimate of drug-likeness (QED) is 0.0742. The molecule has 0 N–H and O–H groups in total. The number of methoxy groups -OCH3 is 1. The highest BCUT2D eigenvalue weighted by Gasteiger charge is 3.01. The van der Waals surface area contributed by atoms with Crippen molar-refractivity contribution in [3.05, 3.63) is 35.9 Å². The molecule has 374 valence electrons. The molecular weight excluding hydrogens is 1010 g/mol. The summed E-state index contributed by atoms with van der Waals surface area (Å²) in [7, 11) is 1.04. The fraction of sp³-hybridized carbons (Fsp3) is 0.679. The lowest BCUT2D eigenvalue weighted by Gasteiger charge is -2.46. The normalized spacial score (nSPS) is 16.1. The Morgan fingerprint density at radius 1 is 0.406 bits per heavy atom. The molecule has 0 fully saturated rings. The first-order valence-corrected chi connectivity index (χ1v) is 14.9. The van der Waals surface area contributed by atoms with E-state index in [2.05, 4.69) is 9.47 Å². The molecule has 0 bridgehead atoms. The summed E-state index contributed by atoms with van der Waals surface area (Å²) in [6.45, 7) is 0. The average Bonchev–Trinajstić information content (AvgIpc) is 3.11. The maximum atomic E-state index is 14.2. The van der Waals surface area contributed by atoms with Crippen LogP contribution < -0.4 is 4.74 Å². The number of rotatable bonds is 20. The van der Waals surface area contributed by atoms with Crippen molar-refractivity contribution in [2.45, 2.75) is 108 Å². The zero-order valence-corrected chi connectivity index (χ0v) is 29.1. The predicted octanol–water partition coefficient (Wildman–Crippen LogP) is 13.1. The number of carbonyl (C=O) groups excluding carboxylic acids is 1. The van der Waals surface area contributed by atoms with E-state index in [-0.39, 0.29) is 11.8 Å². The molecule has 0 aliphatic carbocycles. The zero-order valence-electron chi connectivity index (χ0n) is 29.1. The van der Waals surface area contributed by atoms with E-state index in [1.807, 2.05) is 0 Å². The van der Waals surface area contributed by atoms with Gasteiger partial charge >= 0.3 is 101 Å². The molecule has 0 aliphatic heterocycles. The highest BCUT2D eigenvalue weighted by atomic mass is 19.4. The Morgan fingerprint density at radius 2 is 0.672 bits per heavy atom. The highest BCUT2D eigenvalue weighted by Crippen LogP contribution is 2.69. The maximum Gasteiger partial charge on any atom is 0.473 e. The van der Waals surface area contributed by atoms with Crippen LogP contribution in [0.3, 0.4) is 0 Å². The molecule has 36 heteroatoms. The van der Waals surface area contributed by atoms with E-state index in [1.165, 1.54) is 0 Å². The molecule has 0 spiro atoms.